The standard InChI is InChI=1S/C7H14N4O/c1-2-11-5-6(9-10-11)3-7(12)4-8/h5,7,12H,2-4,8H2,1H3. The molecule has 0 radical (unpaired) electrons. The van der Waals surface area contributed by atoms with Crippen LogP contribution in [0.5, 0.6) is 0 Å². The van der Waals surface area contributed by atoms with Gasteiger partial charge in [0.1, 0.15) is 0 Å². The summed E-state index contributed by atoms with van der Waals surface area (Å²) in [5.41, 5.74) is 6.04. The van der Waals surface area contributed by atoms with E-state index in [0.717, 1.165) is 12.2 Å². The molecule has 0 saturated heterocycles. The SMILES string of the molecule is CCn1cc(CC(O)CN)nn1. The smallest absolute Gasteiger partial charge is 0.0853 e. The Bertz CT molecular complexity index is 235. The van der Waals surface area contributed by atoms with Crippen LogP contribution in [-0.4, -0.2) is 32.7 Å². The van der Waals surface area contributed by atoms with Crippen molar-refractivity contribution in [1.29, 1.82) is 0 Å². The zero-order valence-corrected chi connectivity index (χ0v) is 7.14. The molecule has 0 aliphatic heterocycles. The number of aryl methyl sites for hydroxylation is 1. The number of rotatable bonds is 4. The molecule has 0 aromatic carbocycles. The largest absolute Gasteiger partial charge is 0.391 e. The van der Waals surface area contributed by atoms with Gasteiger partial charge in [0, 0.05) is 25.7 Å². The molecule has 0 aliphatic carbocycles. The van der Waals surface area contributed by atoms with E-state index in [-0.39, 0.29) is 6.54 Å². The highest BCUT2D eigenvalue weighted by Crippen LogP contribution is 1.97. The normalized spacial score (nSPS) is 13.2. The van der Waals surface area contributed by atoms with Gasteiger partial charge in [0.05, 0.1) is 11.8 Å². The number of aromatic nitrogens is 3. The molecule has 5 nitrogen and oxygen atoms in total. The summed E-state index contributed by atoms with van der Waals surface area (Å²) in [7, 11) is 0. The molecule has 0 spiro atoms. The molecule has 0 bridgehead atoms. The third kappa shape index (κ3) is 2.28. The van der Waals surface area contributed by atoms with Crippen molar-refractivity contribution in [2.45, 2.75) is 26.0 Å². The van der Waals surface area contributed by atoms with Gasteiger partial charge in [0.15, 0.2) is 0 Å². The molecule has 0 aliphatic rings. The molecule has 0 amide bonds. The highest BCUT2D eigenvalue weighted by molar-refractivity contribution is 4.94. The summed E-state index contributed by atoms with van der Waals surface area (Å²) in [6.45, 7) is 3.04. The van der Waals surface area contributed by atoms with Crippen molar-refractivity contribution in [2.75, 3.05) is 6.54 Å². The van der Waals surface area contributed by atoms with Gasteiger partial charge in [-0.25, -0.2) is 0 Å². The minimum atomic E-state index is -0.507. The van der Waals surface area contributed by atoms with E-state index in [4.69, 9.17) is 5.73 Å². The monoisotopic (exact) mass is 170 g/mol. The number of nitrogens with zero attached hydrogens (tertiary/aromatic N) is 3. The van der Waals surface area contributed by atoms with Crippen LogP contribution < -0.4 is 5.73 Å². The number of aliphatic hydroxyl groups is 1. The van der Waals surface area contributed by atoms with E-state index < -0.39 is 6.10 Å². The second-order valence-corrected chi connectivity index (χ2v) is 2.66. The Hall–Kier alpha value is -0.940. The van der Waals surface area contributed by atoms with Crippen LogP contribution in [0, 0.1) is 0 Å². The fourth-order valence-corrected chi connectivity index (χ4v) is 0.911. The van der Waals surface area contributed by atoms with E-state index in [9.17, 15) is 5.11 Å². The third-order valence-electron chi connectivity index (χ3n) is 1.63. The van der Waals surface area contributed by atoms with Crippen molar-refractivity contribution in [3.8, 4) is 0 Å². The highest BCUT2D eigenvalue weighted by atomic mass is 16.3. The molecular formula is C7H14N4O. The topological polar surface area (TPSA) is 77.0 Å². The molecule has 1 unspecified atom stereocenters. The molecule has 1 rings (SSSR count). The van der Waals surface area contributed by atoms with Crippen LogP contribution >= 0.6 is 0 Å². The van der Waals surface area contributed by atoms with Crippen molar-refractivity contribution >= 4 is 0 Å². The summed E-state index contributed by atoms with van der Waals surface area (Å²) in [5.74, 6) is 0. The van der Waals surface area contributed by atoms with Crippen molar-refractivity contribution in [3.63, 3.8) is 0 Å². The highest BCUT2D eigenvalue weighted by Gasteiger charge is 2.05. The van der Waals surface area contributed by atoms with Gasteiger partial charge in [-0.05, 0) is 6.92 Å². The maximum atomic E-state index is 9.19. The molecule has 5 heteroatoms. The molecule has 1 heterocycles. The maximum absolute atomic E-state index is 9.19. The number of nitrogens with two attached hydrogens (primary N) is 1. The van der Waals surface area contributed by atoms with Gasteiger partial charge in [-0.15, -0.1) is 5.10 Å². The zero-order chi connectivity index (χ0) is 8.97. The summed E-state index contributed by atoms with van der Waals surface area (Å²) in [6, 6.07) is 0. The van der Waals surface area contributed by atoms with Crippen molar-refractivity contribution in [1.82, 2.24) is 15.0 Å². The molecule has 0 fully saturated rings. The lowest BCUT2D eigenvalue weighted by molar-refractivity contribution is 0.182. The zero-order valence-electron chi connectivity index (χ0n) is 7.14. The Kier molecular flexibility index (Phi) is 3.19. The molecule has 1 atom stereocenters. The first-order valence-corrected chi connectivity index (χ1v) is 4.03. The molecule has 12 heavy (non-hydrogen) atoms. The van der Waals surface area contributed by atoms with E-state index >= 15 is 0 Å². The summed E-state index contributed by atoms with van der Waals surface area (Å²) in [5, 5.41) is 16.9. The molecule has 68 valence electrons. The Morgan fingerprint density at radius 3 is 3.00 bits per heavy atom. The van der Waals surface area contributed by atoms with Crippen LogP contribution in [0.15, 0.2) is 6.20 Å². The summed E-state index contributed by atoms with van der Waals surface area (Å²) < 4.78 is 1.72. The second kappa shape index (κ2) is 4.18. The molecular weight excluding hydrogens is 156 g/mol. The lowest BCUT2D eigenvalue weighted by atomic mass is 10.2. The first-order chi connectivity index (χ1) is 5.76. The van der Waals surface area contributed by atoms with Crippen molar-refractivity contribution in [2.24, 2.45) is 5.73 Å². The average Bonchev–Trinajstić information content (AvgIpc) is 2.52. The quantitative estimate of drug-likeness (QED) is 0.617. The average molecular weight is 170 g/mol. The number of aliphatic hydroxyl groups excluding tert-OH is 1. The first kappa shape index (κ1) is 9.15. The van der Waals surface area contributed by atoms with Crippen molar-refractivity contribution in [3.05, 3.63) is 11.9 Å². The lowest BCUT2D eigenvalue weighted by Gasteiger charge is -2.02. The predicted molar refractivity (Wildman–Crippen MR) is 44.5 cm³/mol. The fourth-order valence-electron chi connectivity index (χ4n) is 0.911. The van der Waals surface area contributed by atoms with Gasteiger partial charge >= 0.3 is 0 Å². The molecule has 1 aromatic rings. The van der Waals surface area contributed by atoms with E-state index in [2.05, 4.69) is 10.3 Å². The van der Waals surface area contributed by atoms with E-state index in [1.165, 1.54) is 0 Å². The number of hydrogen-bond acceptors (Lipinski definition) is 4. The Labute approximate surface area is 71.2 Å². The number of hydrogen-bond donors (Lipinski definition) is 2. The van der Waals surface area contributed by atoms with Gasteiger partial charge in [0.25, 0.3) is 0 Å². The minimum Gasteiger partial charge on any atom is -0.391 e. The Morgan fingerprint density at radius 1 is 1.75 bits per heavy atom. The maximum Gasteiger partial charge on any atom is 0.0853 e. The summed E-state index contributed by atoms with van der Waals surface area (Å²) in [4.78, 5) is 0. The van der Waals surface area contributed by atoms with Gasteiger partial charge in [-0.3, -0.25) is 4.68 Å². The third-order valence-corrected chi connectivity index (χ3v) is 1.63. The van der Waals surface area contributed by atoms with Crippen LogP contribution in [0.25, 0.3) is 0 Å². The van der Waals surface area contributed by atoms with Gasteiger partial charge in [0.2, 0.25) is 0 Å². The van der Waals surface area contributed by atoms with Gasteiger partial charge in [-0.2, -0.15) is 0 Å². The van der Waals surface area contributed by atoms with Crippen LogP contribution in [0.4, 0.5) is 0 Å². The summed E-state index contributed by atoms with van der Waals surface area (Å²) >= 11 is 0. The van der Waals surface area contributed by atoms with E-state index in [1.807, 2.05) is 13.1 Å². The van der Waals surface area contributed by atoms with E-state index in [0.29, 0.717) is 6.42 Å². The molecule has 3 N–H and O–H groups in total. The molecule has 1 aromatic heterocycles. The Morgan fingerprint density at radius 2 is 2.50 bits per heavy atom. The van der Waals surface area contributed by atoms with Crippen LogP contribution in [0.3, 0.4) is 0 Å². The van der Waals surface area contributed by atoms with Crippen LogP contribution in [0.2, 0.25) is 0 Å². The minimum absolute atomic E-state index is 0.263. The fraction of sp³-hybridized carbons (Fsp3) is 0.714. The summed E-state index contributed by atoms with van der Waals surface area (Å²) in [6.07, 6.45) is 1.79. The second-order valence-electron chi connectivity index (χ2n) is 2.66. The predicted octanol–water partition coefficient (Wildman–Crippen LogP) is -0.840. The van der Waals surface area contributed by atoms with Crippen molar-refractivity contribution < 1.29 is 5.11 Å². The van der Waals surface area contributed by atoms with Gasteiger partial charge in [-0.1, -0.05) is 5.21 Å². The van der Waals surface area contributed by atoms with Crippen LogP contribution in [0.1, 0.15) is 12.6 Å². The lowest BCUT2D eigenvalue weighted by Crippen LogP contribution is -2.22. The first-order valence-electron chi connectivity index (χ1n) is 4.03. The Balaban J connectivity index is 2.52. The van der Waals surface area contributed by atoms with E-state index in [1.54, 1.807) is 4.68 Å². The molecule has 0 saturated carbocycles. The van der Waals surface area contributed by atoms with Gasteiger partial charge < -0.3 is 10.8 Å². The van der Waals surface area contributed by atoms with Crippen LogP contribution in [-0.2, 0) is 13.0 Å².